The largest absolute Gasteiger partial charge is 0.469 e. The van der Waals surface area contributed by atoms with Crippen LogP contribution in [0.3, 0.4) is 0 Å². The fourth-order valence-corrected chi connectivity index (χ4v) is 1.90. The molecule has 0 bridgehead atoms. The van der Waals surface area contributed by atoms with Crippen molar-refractivity contribution in [3.63, 3.8) is 0 Å². The standard InChI is InChI=1S/C16H31NO2/c1-3-4-5-6-7-8-9-10-11-12-14-17-15-13-16(18)19-2/h11-12,17H,3-10,13-15H2,1-2H3. The van der Waals surface area contributed by atoms with Crippen molar-refractivity contribution in [2.24, 2.45) is 0 Å². The van der Waals surface area contributed by atoms with Crippen LogP contribution in [0, 0.1) is 0 Å². The number of unbranched alkanes of at least 4 members (excludes halogenated alkanes) is 7. The van der Waals surface area contributed by atoms with Gasteiger partial charge in [0.1, 0.15) is 0 Å². The second-order valence-corrected chi connectivity index (χ2v) is 4.91. The summed E-state index contributed by atoms with van der Waals surface area (Å²) in [7, 11) is 1.42. The molecule has 0 saturated heterocycles. The van der Waals surface area contributed by atoms with E-state index in [4.69, 9.17) is 0 Å². The number of hydrogen-bond donors (Lipinski definition) is 1. The van der Waals surface area contributed by atoms with Gasteiger partial charge in [-0.25, -0.2) is 0 Å². The average Bonchev–Trinajstić information content (AvgIpc) is 2.43. The van der Waals surface area contributed by atoms with Gasteiger partial charge in [-0.1, -0.05) is 57.6 Å². The number of hydrogen-bond acceptors (Lipinski definition) is 3. The second kappa shape index (κ2) is 15.2. The van der Waals surface area contributed by atoms with E-state index in [1.165, 1.54) is 58.5 Å². The molecular formula is C16H31NO2. The Hall–Kier alpha value is -0.830. The zero-order chi connectivity index (χ0) is 14.2. The Kier molecular flexibility index (Phi) is 14.6. The van der Waals surface area contributed by atoms with Gasteiger partial charge in [0, 0.05) is 13.1 Å². The van der Waals surface area contributed by atoms with Crippen molar-refractivity contribution in [3.05, 3.63) is 12.2 Å². The van der Waals surface area contributed by atoms with Crippen LogP contribution in [-0.4, -0.2) is 26.2 Å². The second-order valence-electron chi connectivity index (χ2n) is 4.91. The zero-order valence-electron chi connectivity index (χ0n) is 12.7. The molecule has 0 amide bonds. The van der Waals surface area contributed by atoms with Gasteiger partial charge in [-0.05, 0) is 12.8 Å². The highest BCUT2D eigenvalue weighted by Crippen LogP contribution is 2.08. The van der Waals surface area contributed by atoms with Crippen molar-refractivity contribution in [3.8, 4) is 0 Å². The molecule has 0 atom stereocenters. The molecule has 0 aromatic rings. The minimum atomic E-state index is -0.153. The lowest BCUT2D eigenvalue weighted by Crippen LogP contribution is -2.18. The van der Waals surface area contributed by atoms with Gasteiger partial charge in [0.05, 0.1) is 13.5 Å². The molecule has 0 aliphatic carbocycles. The summed E-state index contributed by atoms with van der Waals surface area (Å²) in [5.74, 6) is -0.153. The van der Waals surface area contributed by atoms with Crippen molar-refractivity contribution in [1.29, 1.82) is 0 Å². The van der Waals surface area contributed by atoms with E-state index in [2.05, 4.69) is 29.1 Å². The van der Waals surface area contributed by atoms with Crippen molar-refractivity contribution >= 4 is 5.97 Å². The van der Waals surface area contributed by atoms with Gasteiger partial charge in [0.25, 0.3) is 0 Å². The van der Waals surface area contributed by atoms with E-state index in [1.54, 1.807) is 0 Å². The van der Waals surface area contributed by atoms with Gasteiger partial charge >= 0.3 is 5.97 Å². The fourth-order valence-electron chi connectivity index (χ4n) is 1.90. The van der Waals surface area contributed by atoms with Gasteiger partial charge in [-0.2, -0.15) is 0 Å². The average molecular weight is 269 g/mol. The van der Waals surface area contributed by atoms with E-state index in [0.717, 1.165) is 6.54 Å². The van der Waals surface area contributed by atoms with E-state index >= 15 is 0 Å². The first-order valence-electron chi connectivity index (χ1n) is 7.73. The first-order chi connectivity index (χ1) is 9.31. The maximum Gasteiger partial charge on any atom is 0.306 e. The summed E-state index contributed by atoms with van der Waals surface area (Å²) in [4.78, 5) is 10.8. The highest BCUT2D eigenvalue weighted by molar-refractivity contribution is 5.69. The SMILES string of the molecule is CCCCCCCCCC=CCNCCC(=O)OC. The maximum atomic E-state index is 10.8. The third kappa shape index (κ3) is 15.1. The van der Waals surface area contributed by atoms with Crippen LogP contribution in [0.5, 0.6) is 0 Å². The summed E-state index contributed by atoms with van der Waals surface area (Å²) in [5, 5.41) is 3.19. The number of carbonyl (C=O) groups is 1. The maximum absolute atomic E-state index is 10.8. The monoisotopic (exact) mass is 269 g/mol. The molecule has 0 aliphatic rings. The van der Waals surface area contributed by atoms with Crippen LogP contribution in [0.4, 0.5) is 0 Å². The summed E-state index contributed by atoms with van der Waals surface area (Å²) in [5.41, 5.74) is 0. The number of allylic oxidation sites excluding steroid dienone is 1. The first kappa shape index (κ1) is 18.2. The topological polar surface area (TPSA) is 38.3 Å². The number of carbonyl (C=O) groups excluding carboxylic acids is 1. The van der Waals surface area contributed by atoms with Crippen LogP contribution in [-0.2, 0) is 9.53 Å². The summed E-state index contributed by atoms with van der Waals surface area (Å²) in [6.07, 6.45) is 15.5. The molecule has 3 nitrogen and oxygen atoms in total. The molecular weight excluding hydrogens is 238 g/mol. The summed E-state index contributed by atoms with van der Waals surface area (Å²) in [6, 6.07) is 0. The zero-order valence-corrected chi connectivity index (χ0v) is 12.7. The van der Waals surface area contributed by atoms with E-state index < -0.39 is 0 Å². The quantitative estimate of drug-likeness (QED) is 0.314. The van der Waals surface area contributed by atoms with E-state index in [9.17, 15) is 4.79 Å². The molecule has 3 heteroatoms. The lowest BCUT2D eigenvalue weighted by atomic mass is 10.1. The van der Waals surface area contributed by atoms with Crippen molar-refractivity contribution in [2.45, 2.75) is 64.7 Å². The van der Waals surface area contributed by atoms with Gasteiger partial charge in [-0.15, -0.1) is 0 Å². The molecule has 0 rings (SSSR count). The van der Waals surface area contributed by atoms with Crippen LogP contribution in [0.1, 0.15) is 64.7 Å². The summed E-state index contributed by atoms with van der Waals surface area (Å²) < 4.78 is 4.56. The van der Waals surface area contributed by atoms with Crippen molar-refractivity contribution < 1.29 is 9.53 Å². The lowest BCUT2D eigenvalue weighted by Gasteiger charge is -2.00. The third-order valence-electron chi connectivity index (χ3n) is 3.14. The molecule has 0 unspecified atom stereocenters. The van der Waals surface area contributed by atoms with Crippen LogP contribution in [0.25, 0.3) is 0 Å². The smallest absolute Gasteiger partial charge is 0.306 e. The Bertz CT molecular complexity index is 227. The Balaban J connectivity index is 3.11. The normalized spacial score (nSPS) is 11.1. The Morgan fingerprint density at radius 1 is 1.05 bits per heavy atom. The lowest BCUT2D eigenvalue weighted by molar-refractivity contribution is -0.140. The van der Waals surface area contributed by atoms with E-state index in [1.807, 2.05) is 0 Å². The molecule has 0 saturated carbocycles. The Morgan fingerprint density at radius 3 is 2.42 bits per heavy atom. The molecule has 0 heterocycles. The van der Waals surface area contributed by atoms with Crippen LogP contribution in [0.2, 0.25) is 0 Å². The molecule has 1 N–H and O–H groups in total. The minimum absolute atomic E-state index is 0.153. The molecule has 0 aromatic carbocycles. The van der Waals surface area contributed by atoms with Crippen molar-refractivity contribution in [2.75, 3.05) is 20.2 Å². The Morgan fingerprint density at radius 2 is 1.74 bits per heavy atom. The van der Waals surface area contributed by atoms with Crippen LogP contribution < -0.4 is 5.32 Å². The fraction of sp³-hybridized carbons (Fsp3) is 0.812. The van der Waals surface area contributed by atoms with Crippen LogP contribution >= 0.6 is 0 Å². The summed E-state index contributed by atoms with van der Waals surface area (Å²) in [6.45, 7) is 3.78. The minimum Gasteiger partial charge on any atom is -0.469 e. The van der Waals surface area contributed by atoms with Crippen LogP contribution in [0.15, 0.2) is 12.2 Å². The van der Waals surface area contributed by atoms with E-state index in [-0.39, 0.29) is 5.97 Å². The van der Waals surface area contributed by atoms with Gasteiger partial charge in [0.2, 0.25) is 0 Å². The Labute approximate surface area is 118 Å². The van der Waals surface area contributed by atoms with Gasteiger partial charge < -0.3 is 10.1 Å². The molecule has 19 heavy (non-hydrogen) atoms. The molecule has 0 spiro atoms. The van der Waals surface area contributed by atoms with Gasteiger partial charge in [0.15, 0.2) is 0 Å². The summed E-state index contributed by atoms with van der Waals surface area (Å²) >= 11 is 0. The molecule has 0 radical (unpaired) electrons. The molecule has 112 valence electrons. The molecule has 0 fully saturated rings. The number of methoxy groups -OCH3 is 1. The third-order valence-corrected chi connectivity index (χ3v) is 3.14. The number of nitrogens with one attached hydrogen (secondary N) is 1. The van der Waals surface area contributed by atoms with E-state index in [0.29, 0.717) is 13.0 Å². The molecule has 0 aromatic heterocycles. The highest BCUT2D eigenvalue weighted by Gasteiger charge is 1.96. The number of rotatable bonds is 13. The first-order valence-corrected chi connectivity index (χ1v) is 7.73. The highest BCUT2D eigenvalue weighted by atomic mass is 16.5. The number of esters is 1. The van der Waals surface area contributed by atoms with Gasteiger partial charge in [-0.3, -0.25) is 4.79 Å². The predicted molar refractivity (Wildman–Crippen MR) is 81.3 cm³/mol. The van der Waals surface area contributed by atoms with Crippen molar-refractivity contribution in [1.82, 2.24) is 5.32 Å². The number of ether oxygens (including phenoxy) is 1. The predicted octanol–water partition coefficient (Wildman–Crippen LogP) is 3.84. The molecule has 0 aliphatic heterocycles.